The Bertz CT molecular complexity index is 120. The van der Waals surface area contributed by atoms with Gasteiger partial charge in [-0.15, -0.1) is 0 Å². The van der Waals surface area contributed by atoms with Gasteiger partial charge in [0, 0.05) is 26.2 Å². The van der Waals surface area contributed by atoms with Crippen molar-refractivity contribution in [1.29, 1.82) is 0 Å². The van der Waals surface area contributed by atoms with E-state index in [0.717, 1.165) is 52.5 Å². The second kappa shape index (κ2) is 6.35. The number of nitrogens with zero attached hydrogens (tertiary/aromatic N) is 2. The molecule has 3 nitrogen and oxygen atoms in total. The Balaban J connectivity index is 2.09. The first-order chi connectivity index (χ1) is 6.36. The molecule has 0 spiro atoms. The first-order valence-electron chi connectivity index (χ1n) is 5.18. The van der Waals surface area contributed by atoms with E-state index in [9.17, 15) is 0 Å². The summed E-state index contributed by atoms with van der Waals surface area (Å²) in [4.78, 5) is 4.82. The van der Waals surface area contributed by atoms with Crippen LogP contribution in [0.25, 0.3) is 0 Å². The molecule has 0 aliphatic carbocycles. The topological polar surface area (TPSA) is 15.7 Å². The van der Waals surface area contributed by atoms with E-state index in [4.69, 9.17) is 4.74 Å². The molecule has 0 unspecified atom stereocenters. The summed E-state index contributed by atoms with van der Waals surface area (Å²) in [5, 5.41) is 0. The molecule has 1 heterocycles. The lowest BCUT2D eigenvalue weighted by atomic mass is 10.4. The highest BCUT2D eigenvalue weighted by Gasteiger charge is 2.10. The van der Waals surface area contributed by atoms with E-state index >= 15 is 0 Å². The van der Waals surface area contributed by atoms with Gasteiger partial charge in [0.25, 0.3) is 0 Å². The van der Waals surface area contributed by atoms with E-state index in [1.807, 2.05) is 0 Å². The summed E-state index contributed by atoms with van der Waals surface area (Å²) >= 11 is 0. The van der Waals surface area contributed by atoms with Gasteiger partial charge in [-0.25, -0.2) is 0 Å². The van der Waals surface area contributed by atoms with Crippen molar-refractivity contribution in [3.05, 3.63) is 6.92 Å². The Kier molecular flexibility index (Phi) is 5.35. The molecule has 1 aliphatic heterocycles. The quantitative estimate of drug-likeness (QED) is 0.619. The summed E-state index contributed by atoms with van der Waals surface area (Å²) in [5.74, 6) is 0. The highest BCUT2D eigenvalue weighted by molar-refractivity contribution is 4.65. The maximum absolute atomic E-state index is 5.29. The van der Waals surface area contributed by atoms with Gasteiger partial charge < -0.3 is 9.64 Å². The maximum Gasteiger partial charge on any atom is 0.0594 e. The molecule has 1 saturated heterocycles. The molecule has 0 aromatic carbocycles. The minimum atomic E-state index is 0.899. The van der Waals surface area contributed by atoms with Gasteiger partial charge in [-0.2, -0.15) is 0 Å². The summed E-state index contributed by atoms with van der Waals surface area (Å²) in [6.07, 6.45) is 0. The van der Waals surface area contributed by atoms with Crippen molar-refractivity contribution >= 4 is 0 Å². The highest BCUT2D eigenvalue weighted by atomic mass is 16.5. The van der Waals surface area contributed by atoms with Crippen LogP contribution in [0.3, 0.4) is 0 Å². The highest BCUT2D eigenvalue weighted by Crippen LogP contribution is 1.97. The summed E-state index contributed by atoms with van der Waals surface area (Å²) in [5.41, 5.74) is 0. The van der Waals surface area contributed by atoms with Crippen LogP contribution in [0.1, 0.15) is 6.92 Å². The lowest BCUT2D eigenvalue weighted by Gasteiger charge is -2.29. The lowest BCUT2D eigenvalue weighted by molar-refractivity contribution is 0.0341. The molecular formula is C10H21N2O. The molecule has 0 aromatic rings. The number of hydrogen-bond acceptors (Lipinski definition) is 3. The maximum atomic E-state index is 5.29. The van der Waals surface area contributed by atoms with Crippen molar-refractivity contribution in [3.8, 4) is 0 Å². The zero-order valence-electron chi connectivity index (χ0n) is 8.67. The molecule has 1 aliphatic rings. The molecule has 0 aromatic heterocycles. The summed E-state index contributed by atoms with van der Waals surface area (Å²) in [7, 11) is 0. The third-order valence-corrected chi connectivity index (χ3v) is 2.60. The fourth-order valence-corrected chi connectivity index (χ4v) is 1.54. The zero-order chi connectivity index (χ0) is 9.52. The minimum Gasteiger partial charge on any atom is -0.379 e. The SMILES string of the molecule is [CH2]CN(CC)CCN1CCOCC1. The summed E-state index contributed by atoms with van der Waals surface area (Å²) in [6.45, 7) is 14.4. The predicted octanol–water partition coefficient (Wildman–Crippen LogP) is 0.475. The van der Waals surface area contributed by atoms with E-state index in [1.165, 1.54) is 0 Å². The number of likely N-dealkylation sites (N-methyl/N-ethyl adjacent to an activating group) is 1. The summed E-state index contributed by atoms with van der Waals surface area (Å²) in [6, 6.07) is 0. The van der Waals surface area contributed by atoms with Crippen LogP contribution >= 0.6 is 0 Å². The molecule has 0 saturated carbocycles. The molecule has 1 fully saturated rings. The second-order valence-corrected chi connectivity index (χ2v) is 3.39. The van der Waals surface area contributed by atoms with Gasteiger partial charge in [0.2, 0.25) is 0 Å². The van der Waals surface area contributed by atoms with Crippen LogP contribution in [0.5, 0.6) is 0 Å². The van der Waals surface area contributed by atoms with Gasteiger partial charge in [0.1, 0.15) is 0 Å². The Labute approximate surface area is 81.7 Å². The van der Waals surface area contributed by atoms with Crippen molar-refractivity contribution in [2.45, 2.75) is 6.92 Å². The smallest absolute Gasteiger partial charge is 0.0594 e. The molecule has 13 heavy (non-hydrogen) atoms. The van der Waals surface area contributed by atoms with Crippen LogP contribution < -0.4 is 0 Å². The van der Waals surface area contributed by atoms with Crippen molar-refractivity contribution < 1.29 is 4.74 Å². The van der Waals surface area contributed by atoms with Gasteiger partial charge in [-0.05, 0) is 20.0 Å². The van der Waals surface area contributed by atoms with Crippen LogP contribution in [-0.2, 0) is 4.74 Å². The van der Waals surface area contributed by atoms with Crippen molar-refractivity contribution in [2.24, 2.45) is 0 Å². The Morgan fingerprint density at radius 2 is 2.08 bits per heavy atom. The van der Waals surface area contributed by atoms with Crippen molar-refractivity contribution in [3.63, 3.8) is 0 Å². The molecule has 0 bridgehead atoms. The van der Waals surface area contributed by atoms with Gasteiger partial charge in [-0.1, -0.05) is 6.92 Å². The van der Waals surface area contributed by atoms with E-state index < -0.39 is 0 Å². The molecular weight excluding hydrogens is 164 g/mol. The van der Waals surface area contributed by atoms with E-state index in [2.05, 4.69) is 23.6 Å². The van der Waals surface area contributed by atoms with Crippen molar-refractivity contribution in [2.75, 3.05) is 52.5 Å². The van der Waals surface area contributed by atoms with Gasteiger partial charge in [-0.3, -0.25) is 4.90 Å². The zero-order valence-corrected chi connectivity index (χ0v) is 8.67. The Morgan fingerprint density at radius 1 is 1.38 bits per heavy atom. The van der Waals surface area contributed by atoms with Crippen molar-refractivity contribution in [1.82, 2.24) is 9.80 Å². The second-order valence-electron chi connectivity index (χ2n) is 3.39. The van der Waals surface area contributed by atoms with E-state index in [0.29, 0.717) is 0 Å². The predicted molar refractivity (Wildman–Crippen MR) is 54.7 cm³/mol. The minimum absolute atomic E-state index is 0.899. The van der Waals surface area contributed by atoms with Crippen LogP contribution in [0.4, 0.5) is 0 Å². The largest absolute Gasteiger partial charge is 0.379 e. The molecule has 0 atom stereocenters. The van der Waals surface area contributed by atoms with E-state index in [-0.39, 0.29) is 0 Å². The normalized spacial score (nSPS) is 19.6. The third kappa shape index (κ3) is 4.07. The van der Waals surface area contributed by atoms with Gasteiger partial charge in [0.15, 0.2) is 0 Å². The van der Waals surface area contributed by atoms with Crippen LogP contribution in [-0.4, -0.2) is 62.3 Å². The first kappa shape index (κ1) is 11.0. The number of ether oxygens (including phenoxy) is 1. The Morgan fingerprint density at radius 3 is 2.62 bits per heavy atom. The number of morpholine rings is 1. The van der Waals surface area contributed by atoms with Crippen LogP contribution in [0.15, 0.2) is 0 Å². The molecule has 0 amide bonds. The summed E-state index contributed by atoms with van der Waals surface area (Å²) < 4.78 is 5.29. The Hall–Kier alpha value is -0.120. The molecule has 3 heteroatoms. The molecule has 0 N–H and O–H groups in total. The first-order valence-corrected chi connectivity index (χ1v) is 5.18. The van der Waals surface area contributed by atoms with Gasteiger partial charge in [0.05, 0.1) is 13.2 Å². The van der Waals surface area contributed by atoms with Gasteiger partial charge >= 0.3 is 0 Å². The lowest BCUT2D eigenvalue weighted by Crippen LogP contribution is -2.41. The average Bonchev–Trinajstić information content (AvgIpc) is 2.21. The fourth-order valence-electron chi connectivity index (χ4n) is 1.54. The fraction of sp³-hybridized carbons (Fsp3) is 0.900. The van der Waals surface area contributed by atoms with Crippen LogP contribution in [0.2, 0.25) is 0 Å². The third-order valence-electron chi connectivity index (χ3n) is 2.60. The number of rotatable bonds is 5. The average molecular weight is 185 g/mol. The molecule has 1 radical (unpaired) electrons. The monoisotopic (exact) mass is 185 g/mol. The standard InChI is InChI=1S/C10H21N2O/c1-3-11(4-2)5-6-12-7-9-13-10-8-12/h1,3-10H2,2H3. The number of hydrogen-bond donors (Lipinski definition) is 0. The molecule has 77 valence electrons. The van der Waals surface area contributed by atoms with Crippen LogP contribution in [0, 0.1) is 6.92 Å². The van der Waals surface area contributed by atoms with E-state index in [1.54, 1.807) is 0 Å². The molecule has 1 rings (SSSR count).